The number of thiazole rings is 1. The van der Waals surface area contributed by atoms with Crippen molar-refractivity contribution in [2.45, 2.75) is 19.8 Å². The van der Waals surface area contributed by atoms with Gasteiger partial charge in [-0.05, 0) is 31.4 Å². The zero-order valence-electron chi connectivity index (χ0n) is 9.96. The molecular formula is C13H15ClN2S. The van der Waals surface area contributed by atoms with E-state index in [-0.39, 0.29) is 0 Å². The summed E-state index contributed by atoms with van der Waals surface area (Å²) < 4.78 is 0. The van der Waals surface area contributed by atoms with Crippen LogP contribution in [0.15, 0.2) is 24.3 Å². The molecule has 0 spiro atoms. The number of halogens is 1. The third-order valence-corrected chi connectivity index (χ3v) is 4.09. The van der Waals surface area contributed by atoms with Crippen LogP contribution in [0.4, 0.5) is 5.13 Å². The Hall–Kier alpha value is -1.06. The smallest absolute Gasteiger partial charge is 0.182 e. The number of hydrogen-bond acceptors (Lipinski definition) is 3. The maximum atomic E-state index is 6.13. The van der Waals surface area contributed by atoms with Crippen molar-refractivity contribution in [3.8, 4) is 0 Å². The highest BCUT2D eigenvalue weighted by molar-refractivity contribution is 7.15. The van der Waals surface area contributed by atoms with Gasteiger partial charge in [-0.25, -0.2) is 4.98 Å². The first kappa shape index (κ1) is 12.4. The summed E-state index contributed by atoms with van der Waals surface area (Å²) in [4.78, 5) is 5.82. The number of anilines is 1. The SMILES string of the molecule is CNc1nc(CCc2ccccc2Cl)c(C)s1. The molecule has 0 aliphatic rings. The number of aromatic nitrogens is 1. The van der Waals surface area contributed by atoms with Crippen LogP contribution in [-0.4, -0.2) is 12.0 Å². The third kappa shape index (κ3) is 2.99. The van der Waals surface area contributed by atoms with E-state index < -0.39 is 0 Å². The first-order valence-corrected chi connectivity index (χ1v) is 6.77. The molecule has 17 heavy (non-hydrogen) atoms. The molecule has 4 heteroatoms. The van der Waals surface area contributed by atoms with Gasteiger partial charge < -0.3 is 5.32 Å². The third-order valence-electron chi connectivity index (χ3n) is 2.70. The molecular weight excluding hydrogens is 252 g/mol. The van der Waals surface area contributed by atoms with E-state index in [2.05, 4.69) is 23.3 Å². The second-order valence-electron chi connectivity index (χ2n) is 3.86. The highest BCUT2D eigenvalue weighted by Crippen LogP contribution is 2.24. The topological polar surface area (TPSA) is 24.9 Å². The Morgan fingerprint density at radius 2 is 2.06 bits per heavy atom. The van der Waals surface area contributed by atoms with Crippen LogP contribution < -0.4 is 5.32 Å². The van der Waals surface area contributed by atoms with Crippen LogP contribution in [0.2, 0.25) is 5.02 Å². The second kappa shape index (κ2) is 5.52. The lowest BCUT2D eigenvalue weighted by Gasteiger charge is -2.02. The Bertz CT molecular complexity index is 508. The zero-order chi connectivity index (χ0) is 12.3. The first-order valence-electron chi connectivity index (χ1n) is 5.58. The summed E-state index contributed by atoms with van der Waals surface area (Å²) in [6.07, 6.45) is 1.88. The molecule has 1 N–H and O–H groups in total. The van der Waals surface area contributed by atoms with E-state index >= 15 is 0 Å². The summed E-state index contributed by atoms with van der Waals surface area (Å²) in [6, 6.07) is 7.99. The van der Waals surface area contributed by atoms with Crippen molar-refractivity contribution in [1.82, 2.24) is 4.98 Å². The van der Waals surface area contributed by atoms with Crippen LogP contribution in [0.3, 0.4) is 0 Å². The molecule has 1 aromatic heterocycles. The fourth-order valence-corrected chi connectivity index (χ4v) is 2.76. The highest BCUT2D eigenvalue weighted by atomic mass is 35.5. The van der Waals surface area contributed by atoms with E-state index in [1.165, 1.54) is 16.1 Å². The van der Waals surface area contributed by atoms with Gasteiger partial charge >= 0.3 is 0 Å². The molecule has 0 amide bonds. The number of hydrogen-bond donors (Lipinski definition) is 1. The van der Waals surface area contributed by atoms with Crippen molar-refractivity contribution in [1.29, 1.82) is 0 Å². The van der Waals surface area contributed by atoms with E-state index in [4.69, 9.17) is 11.6 Å². The molecule has 2 aromatic rings. The summed E-state index contributed by atoms with van der Waals surface area (Å²) in [5.74, 6) is 0. The second-order valence-corrected chi connectivity index (χ2v) is 5.47. The van der Waals surface area contributed by atoms with Crippen LogP contribution in [-0.2, 0) is 12.8 Å². The molecule has 0 saturated heterocycles. The minimum absolute atomic E-state index is 0.842. The summed E-state index contributed by atoms with van der Waals surface area (Å²) in [5.41, 5.74) is 2.35. The van der Waals surface area contributed by atoms with Crippen molar-refractivity contribution in [3.63, 3.8) is 0 Å². The van der Waals surface area contributed by atoms with Gasteiger partial charge in [0.25, 0.3) is 0 Å². The summed E-state index contributed by atoms with van der Waals surface area (Å²) in [7, 11) is 1.90. The Balaban J connectivity index is 2.07. The molecule has 0 aliphatic carbocycles. The molecule has 0 aliphatic heterocycles. The maximum absolute atomic E-state index is 6.13. The van der Waals surface area contributed by atoms with Gasteiger partial charge in [-0.15, -0.1) is 11.3 Å². The van der Waals surface area contributed by atoms with E-state index in [1.807, 2.05) is 25.2 Å². The molecule has 0 fully saturated rings. The van der Waals surface area contributed by atoms with Crippen molar-refractivity contribution < 1.29 is 0 Å². The summed E-state index contributed by atoms with van der Waals surface area (Å²) >= 11 is 7.83. The lowest BCUT2D eigenvalue weighted by molar-refractivity contribution is 0.917. The Kier molecular flexibility index (Phi) is 4.02. The monoisotopic (exact) mass is 266 g/mol. The van der Waals surface area contributed by atoms with Crippen molar-refractivity contribution in [3.05, 3.63) is 45.4 Å². The number of nitrogens with zero attached hydrogens (tertiary/aromatic N) is 1. The quantitative estimate of drug-likeness (QED) is 0.907. The van der Waals surface area contributed by atoms with E-state index in [9.17, 15) is 0 Å². The van der Waals surface area contributed by atoms with Gasteiger partial charge in [0.1, 0.15) is 0 Å². The molecule has 1 heterocycles. The summed E-state index contributed by atoms with van der Waals surface area (Å²) in [5, 5.41) is 4.90. The van der Waals surface area contributed by atoms with Gasteiger partial charge in [0.2, 0.25) is 0 Å². The van der Waals surface area contributed by atoms with Crippen molar-refractivity contribution in [2.75, 3.05) is 12.4 Å². The predicted molar refractivity (Wildman–Crippen MR) is 75.3 cm³/mol. The molecule has 90 valence electrons. The van der Waals surface area contributed by atoms with Gasteiger partial charge in [-0.2, -0.15) is 0 Å². The lowest BCUT2D eigenvalue weighted by atomic mass is 10.1. The standard InChI is InChI=1S/C13H15ClN2S/c1-9-12(16-13(15-2)17-9)8-7-10-5-3-4-6-11(10)14/h3-6H,7-8H2,1-2H3,(H,15,16). The van der Waals surface area contributed by atoms with E-state index in [0.717, 1.165) is 23.0 Å². The van der Waals surface area contributed by atoms with Gasteiger partial charge in [-0.3, -0.25) is 0 Å². The molecule has 1 aromatic carbocycles. The highest BCUT2D eigenvalue weighted by Gasteiger charge is 2.07. The van der Waals surface area contributed by atoms with Gasteiger partial charge in [0.15, 0.2) is 5.13 Å². The molecule has 2 rings (SSSR count). The molecule has 0 unspecified atom stereocenters. The lowest BCUT2D eigenvalue weighted by Crippen LogP contribution is -1.95. The van der Waals surface area contributed by atoms with Gasteiger partial charge in [0, 0.05) is 16.9 Å². The van der Waals surface area contributed by atoms with E-state index in [1.54, 1.807) is 11.3 Å². The number of nitrogens with one attached hydrogen (secondary N) is 1. The van der Waals surface area contributed by atoms with Crippen molar-refractivity contribution in [2.24, 2.45) is 0 Å². The predicted octanol–water partition coefficient (Wildman–Crippen LogP) is 3.93. The Labute approximate surface area is 111 Å². The molecule has 0 saturated carbocycles. The van der Waals surface area contributed by atoms with Crippen LogP contribution >= 0.6 is 22.9 Å². The normalized spacial score (nSPS) is 10.5. The largest absolute Gasteiger partial charge is 0.365 e. The fourth-order valence-electron chi connectivity index (χ4n) is 1.72. The van der Waals surface area contributed by atoms with E-state index in [0.29, 0.717) is 0 Å². The van der Waals surface area contributed by atoms with Crippen molar-refractivity contribution >= 4 is 28.1 Å². The number of aryl methyl sites for hydroxylation is 3. The van der Waals surface area contributed by atoms with Gasteiger partial charge in [0.05, 0.1) is 5.69 Å². The average molecular weight is 267 g/mol. The first-order chi connectivity index (χ1) is 8.20. The molecule has 0 radical (unpaired) electrons. The van der Waals surface area contributed by atoms with Crippen LogP contribution in [0.5, 0.6) is 0 Å². The van der Waals surface area contributed by atoms with Crippen LogP contribution in [0, 0.1) is 6.92 Å². The molecule has 2 nitrogen and oxygen atoms in total. The van der Waals surface area contributed by atoms with Crippen LogP contribution in [0.1, 0.15) is 16.1 Å². The Morgan fingerprint density at radius 3 is 2.71 bits per heavy atom. The molecule has 0 bridgehead atoms. The minimum atomic E-state index is 0.842. The number of benzene rings is 1. The minimum Gasteiger partial charge on any atom is -0.365 e. The zero-order valence-corrected chi connectivity index (χ0v) is 11.5. The maximum Gasteiger partial charge on any atom is 0.182 e. The number of rotatable bonds is 4. The fraction of sp³-hybridized carbons (Fsp3) is 0.308. The van der Waals surface area contributed by atoms with Crippen LogP contribution in [0.25, 0.3) is 0 Å². The Morgan fingerprint density at radius 1 is 1.29 bits per heavy atom. The summed E-state index contributed by atoms with van der Waals surface area (Å²) in [6.45, 7) is 2.11. The average Bonchev–Trinajstić information content (AvgIpc) is 2.69. The van der Waals surface area contributed by atoms with Gasteiger partial charge in [-0.1, -0.05) is 29.8 Å². The molecule has 0 atom stereocenters.